The van der Waals surface area contributed by atoms with Crippen LogP contribution >= 0.6 is 0 Å². The molecule has 0 aliphatic rings. The largest absolute Gasteiger partial charge is 0.334 e. The zero-order valence-corrected chi connectivity index (χ0v) is 10.4. The lowest BCUT2D eigenvalue weighted by molar-refractivity contribution is 0.591. The summed E-state index contributed by atoms with van der Waals surface area (Å²) in [5.41, 5.74) is 1.70. The lowest BCUT2D eigenvalue weighted by Crippen LogP contribution is -2.26. The Bertz CT molecular complexity index is 588. The van der Waals surface area contributed by atoms with E-state index < -0.39 is 10.0 Å². The molecule has 1 N–H and O–H groups in total. The minimum Gasteiger partial charge on any atom is -0.334 e. The lowest BCUT2D eigenvalue weighted by Gasteiger charge is -2.18. The number of imidazole rings is 1. The van der Waals surface area contributed by atoms with Crippen molar-refractivity contribution in [1.82, 2.24) is 9.97 Å². The van der Waals surface area contributed by atoms with Gasteiger partial charge in [0.1, 0.15) is 0 Å². The predicted octanol–water partition coefficient (Wildman–Crippen LogP) is 1.54. The number of hydrogen-bond acceptors (Lipinski definition) is 3. The Morgan fingerprint density at radius 3 is 2.41 bits per heavy atom. The summed E-state index contributed by atoms with van der Waals surface area (Å²) in [5, 5.41) is 0.0839. The molecule has 0 radical (unpaired) electrons. The van der Waals surface area contributed by atoms with Crippen LogP contribution in [-0.2, 0) is 10.0 Å². The van der Waals surface area contributed by atoms with E-state index in [1.807, 2.05) is 19.1 Å². The van der Waals surface area contributed by atoms with Crippen molar-refractivity contribution in [3.8, 4) is 0 Å². The molecular formula is C11H13N3O2S. The number of sulfonamides is 1. The molecule has 1 aromatic carbocycles. The van der Waals surface area contributed by atoms with Crippen LogP contribution in [-0.4, -0.2) is 25.4 Å². The molecule has 2 aromatic rings. The van der Waals surface area contributed by atoms with E-state index >= 15 is 0 Å². The molecule has 0 amide bonds. The van der Waals surface area contributed by atoms with Crippen molar-refractivity contribution in [1.29, 1.82) is 0 Å². The van der Waals surface area contributed by atoms with E-state index in [9.17, 15) is 8.42 Å². The Morgan fingerprint density at radius 2 is 1.88 bits per heavy atom. The fourth-order valence-corrected chi connectivity index (χ4v) is 2.52. The zero-order chi connectivity index (χ0) is 12.5. The van der Waals surface area contributed by atoms with Gasteiger partial charge in [0, 0.05) is 7.05 Å². The van der Waals surface area contributed by atoms with E-state index in [2.05, 4.69) is 9.97 Å². The molecule has 5 nitrogen and oxygen atoms in total. The molecule has 0 saturated carbocycles. The Labute approximate surface area is 100 Å². The number of H-pyrrole nitrogens is 1. The van der Waals surface area contributed by atoms with Gasteiger partial charge in [-0.3, -0.25) is 4.31 Å². The highest BCUT2D eigenvalue weighted by Gasteiger charge is 2.22. The summed E-state index contributed by atoms with van der Waals surface area (Å²) in [7, 11) is -2.03. The van der Waals surface area contributed by atoms with Gasteiger partial charge < -0.3 is 4.98 Å². The van der Waals surface area contributed by atoms with Gasteiger partial charge >= 0.3 is 0 Å². The topological polar surface area (TPSA) is 66.1 Å². The first-order chi connectivity index (χ1) is 8.01. The second-order valence-electron chi connectivity index (χ2n) is 3.72. The predicted molar refractivity (Wildman–Crippen MR) is 65.4 cm³/mol. The maximum absolute atomic E-state index is 12.1. The quantitative estimate of drug-likeness (QED) is 0.900. The highest BCUT2D eigenvalue weighted by molar-refractivity contribution is 7.92. The summed E-state index contributed by atoms with van der Waals surface area (Å²) < 4.78 is 25.5. The van der Waals surface area contributed by atoms with Crippen molar-refractivity contribution in [2.24, 2.45) is 0 Å². The molecule has 0 fully saturated rings. The van der Waals surface area contributed by atoms with Crippen LogP contribution in [0.25, 0.3) is 0 Å². The van der Waals surface area contributed by atoms with E-state index in [1.54, 1.807) is 12.1 Å². The number of anilines is 1. The third-order valence-electron chi connectivity index (χ3n) is 2.51. The van der Waals surface area contributed by atoms with Crippen LogP contribution in [0.5, 0.6) is 0 Å². The molecule has 1 heterocycles. The zero-order valence-electron chi connectivity index (χ0n) is 9.58. The van der Waals surface area contributed by atoms with Crippen molar-refractivity contribution < 1.29 is 8.42 Å². The Hall–Kier alpha value is -1.82. The number of aryl methyl sites for hydroxylation is 1. The third-order valence-corrected chi connectivity index (χ3v) is 4.22. The van der Waals surface area contributed by atoms with Crippen LogP contribution in [0.4, 0.5) is 5.69 Å². The molecule has 90 valence electrons. The Morgan fingerprint density at radius 1 is 1.24 bits per heavy atom. The van der Waals surface area contributed by atoms with Gasteiger partial charge in [-0.05, 0) is 19.1 Å². The molecule has 0 aliphatic carbocycles. The summed E-state index contributed by atoms with van der Waals surface area (Å²) in [4.78, 5) is 6.32. The van der Waals surface area contributed by atoms with E-state index in [-0.39, 0.29) is 5.03 Å². The first kappa shape index (κ1) is 11.7. The van der Waals surface area contributed by atoms with E-state index in [0.29, 0.717) is 5.69 Å². The number of hydrogen-bond donors (Lipinski definition) is 1. The minimum absolute atomic E-state index is 0.0839. The van der Waals surface area contributed by atoms with E-state index in [0.717, 1.165) is 5.56 Å². The van der Waals surface area contributed by atoms with Crippen molar-refractivity contribution >= 4 is 15.7 Å². The minimum atomic E-state index is -3.55. The van der Waals surface area contributed by atoms with Crippen LogP contribution in [0.3, 0.4) is 0 Å². The maximum Gasteiger partial charge on any atom is 0.281 e. The first-order valence-electron chi connectivity index (χ1n) is 5.06. The Balaban J connectivity index is 2.38. The third kappa shape index (κ3) is 2.16. The summed E-state index contributed by atoms with van der Waals surface area (Å²) >= 11 is 0. The second kappa shape index (κ2) is 4.21. The number of benzene rings is 1. The monoisotopic (exact) mass is 251 g/mol. The van der Waals surface area contributed by atoms with Crippen LogP contribution in [0.2, 0.25) is 0 Å². The number of nitrogens with one attached hydrogen (secondary N) is 1. The molecule has 2 rings (SSSR count). The fraction of sp³-hybridized carbons (Fsp3) is 0.182. The van der Waals surface area contributed by atoms with Gasteiger partial charge in [0.25, 0.3) is 10.0 Å². The number of aromatic nitrogens is 2. The summed E-state index contributed by atoms with van der Waals surface area (Å²) in [6.45, 7) is 1.95. The number of rotatable bonds is 3. The average Bonchev–Trinajstić information content (AvgIpc) is 2.83. The van der Waals surface area contributed by atoms with Crippen LogP contribution in [0.15, 0.2) is 41.8 Å². The molecule has 0 spiro atoms. The molecule has 0 unspecified atom stereocenters. The summed E-state index contributed by atoms with van der Waals surface area (Å²) in [5.74, 6) is 0. The average molecular weight is 251 g/mol. The smallest absolute Gasteiger partial charge is 0.281 e. The number of nitrogens with zero attached hydrogens (tertiary/aromatic N) is 2. The van der Waals surface area contributed by atoms with Gasteiger partial charge in [-0.2, -0.15) is 8.42 Å². The molecule has 6 heteroatoms. The van der Waals surface area contributed by atoms with Gasteiger partial charge in [-0.15, -0.1) is 0 Å². The van der Waals surface area contributed by atoms with Gasteiger partial charge in [-0.1, -0.05) is 17.7 Å². The van der Waals surface area contributed by atoms with Crippen molar-refractivity contribution in [2.75, 3.05) is 11.4 Å². The van der Waals surface area contributed by atoms with Crippen molar-refractivity contribution in [3.63, 3.8) is 0 Å². The molecule has 0 atom stereocenters. The fourth-order valence-electron chi connectivity index (χ4n) is 1.43. The SMILES string of the molecule is Cc1ccc(N(C)S(=O)(=O)c2cnc[nH]2)cc1. The van der Waals surface area contributed by atoms with Crippen molar-refractivity contribution in [2.45, 2.75) is 11.9 Å². The highest BCUT2D eigenvalue weighted by atomic mass is 32.2. The van der Waals surface area contributed by atoms with Gasteiger partial charge in [0.2, 0.25) is 0 Å². The second-order valence-corrected chi connectivity index (χ2v) is 5.66. The molecule has 0 bridgehead atoms. The van der Waals surface area contributed by atoms with Gasteiger partial charge in [0.15, 0.2) is 5.03 Å². The van der Waals surface area contributed by atoms with Crippen molar-refractivity contribution in [3.05, 3.63) is 42.4 Å². The molecule has 17 heavy (non-hydrogen) atoms. The molecule has 0 aliphatic heterocycles. The summed E-state index contributed by atoms with van der Waals surface area (Å²) in [6.07, 6.45) is 2.63. The van der Waals surface area contributed by atoms with Crippen LogP contribution < -0.4 is 4.31 Å². The van der Waals surface area contributed by atoms with E-state index in [1.165, 1.54) is 23.9 Å². The standard InChI is InChI=1S/C11H13N3O2S/c1-9-3-5-10(6-4-9)14(2)17(15,16)11-7-12-8-13-11/h3-8H,1-2H3,(H,12,13). The van der Waals surface area contributed by atoms with Crippen LogP contribution in [0.1, 0.15) is 5.56 Å². The maximum atomic E-state index is 12.1. The van der Waals surface area contributed by atoms with Gasteiger partial charge in [-0.25, -0.2) is 4.98 Å². The highest BCUT2D eigenvalue weighted by Crippen LogP contribution is 2.20. The number of aromatic amines is 1. The normalized spacial score (nSPS) is 11.4. The molecule has 0 saturated heterocycles. The van der Waals surface area contributed by atoms with E-state index in [4.69, 9.17) is 0 Å². The van der Waals surface area contributed by atoms with Gasteiger partial charge in [0.05, 0.1) is 18.2 Å². The molecule has 1 aromatic heterocycles. The van der Waals surface area contributed by atoms with Crippen LogP contribution in [0, 0.1) is 6.92 Å². The lowest BCUT2D eigenvalue weighted by atomic mass is 10.2. The summed E-state index contributed by atoms with van der Waals surface area (Å²) in [6, 6.07) is 7.27. The first-order valence-corrected chi connectivity index (χ1v) is 6.50. The Kier molecular flexibility index (Phi) is 2.89. The molecular weight excluding hydrogens is 238 g/mol.